The molecule has 0 fully saturated rings. The second-order valence-electron chi connectivity index (χ2n) is 7.05. The highest BCUT2D eigenvalue weighted by Crippen LogP contribution is 2.49. The smallest absolute Gasteiger partial charge is 0.469 e. The molecule has 0 saturated heterocycles. The molecule has 0 bridgehead atoms. The van der Waals surface area contributed by atoms with E-state index in [1.165, 1.54) is 25.3 Å². The van der Waals surface area contributed by atoms with Crippen molar-refractivity contribution in [2.75, 3.05) is 0 Å². The van der Waals surface area contributed by atoms with Gasteiger partial charge in [0.15, 0.2) is 0 Å². The Morgan fingerprint density at radius 2 is 1.39 bits per heavy atom. The summed E-state index contributed by atoms with van der Waals surface area (Å²) in [5.74, 6) is -2.88. The first-order chi connectivity index (χ1) is 15.3. The molecule has 0 unspecified atom stereocenters. The van der Waals surface area contributed by atoms with Crippen LogP contribution in [0.1, 0.15) is 33.9 Å². The van der Waals surface area contributed by atoms with Gasteiger partial charge in [-0.05, 0) is 50.9 Å². The van der Waals surface area contributed by atoms with Gasteiger partial charge in [0.2, 0.25) is 0 Å². The Labute approximate surface area is 204 Å². The molecule has 13 heteroatoms. The van der Waals surface area contributed by atoms with Crippen LogP contribution < -0.4 is 0 Å². The molecule has 0 saturated carbocycles. The number of hydrogen-bond donors (Lipinski definition) is 7. The van der Waals surface area contributed by atoms with Gasteiger partial charge in [-0.1, -0.05) is 0 Å². The van der Waals surface area contributed by atoms with E-state index >= 15 is 0 Å². The van der Waals surface area contributed by atoms with Crippen LogP contribution in [-0.4, -0.2) is 40.3 Å². The Morgan fingerprint density at radius 3 is 1.85 bits per heavy atom. The highest BCUT2D eigenvalue weighted by Gasteiger charge is 2.31. The fourth-order valence-electron chi connectivity index (χ4n) is 3.32. The molecule has 0 radical (unpaired) electrons. The number of phosphoric acid groups is 1. The number of halogens is 2. The fourth-order valence-corrected chi connectivity index (χ4v) is 4.35. The molecule has 176 valence electrons. The third-order valence-electron chi connectivity index (χ3n) is 4.85. The van der Waals surface area contributed by atoms with Crippen molar-refractivity contribution in [3.05, 3.63) is 67.4 Å². The van der Waals surface area contributed by atoms with E-state index in [0.29, 0.717) is 0 Å². The molecule has 33 heavy (non-hydrogen) atoms. The second kappa shape index (κ2) is 9.49. The minimum absolute atomic E-state index is 0.0247. The molecule has 3 rings (SSSR count). The predicted octanol–water partition coefficient (Wildman–Crippen LogP) is 4.23. The van der Waals surface area contributed by atoms with Crippen LogP contribution in [0.2, 0.25) is 0 Å². The highest BCUT2D eigenvalue weighted by atomic mass is 79.9. The number of rotatable bonds is 6. The van der Waals surface area contributed by atoms with Gasteiger partial charge in [-0.25, -0.2) is 4.57 Å². The molecule has 0 amide bonds. The fraction of sp³-hybridized carbons (Fsp3) is 0.150. The summed E-state index contributed by atoms with van der Waals surface area (Å²) < 4.78 is 16.3. The zero-order chi connectivity index (χ0) is 24.7. The molecular formula is C20H18Br2NO9P. The van der Waals surface area contributed by atoms with Gasteiger partial charge in [-0.3, -0.25) is 9.51 Å². The molecule has 10 nitrogen and oxygen atoms in total. The first kappa shape index (κ1) is 25.3. The van der Waals surface area contributed by atoms with Crippen LogP contribution in [0.4, 0.5) is 0 Å². The highest BCUT2D eigenvalue weighted by molar-refractivity contribution is 9.10. The van der Waals surface area contributed by atoms with Crippen molar-refractivity contribution in [2.24, 2.45) is 0 Å². The van der Waals surface area contributed by atoms with E-state index in [-0.39, 0.29) is 54.1 Å². The average Bonchev–Trinajstić information content (AvgIpc) is 2.71. The van der Waals surface area contributed by atoms with Crippen LogP contribution in [0, 0.1) is 6.92 Å². The molecule has 0 aliphatic heterocycles. The lowest BCUT2D eigenvalue weighted by molar-refractivity contribution is 0.188. The van der Waals surface area contributed by atoms with Gasteiger partial charge in [-0.15, -0.1) is 0 Å². The third-order valence-corrected chi connectivity index (χ3v) is 6.58. The maximum absolute atomic E-state index is 11.3. The van der Waals surface area contributed by atoms with Crippen LogP contribution in [0.5, 0.6) is 28.7 Å². The normalized spacial score (nSPS) is 11.8. The summed E-state index contributed by atoms with van der Waals surface area (Å²) in [6.07, 6.45) is 1.24. The summed E-state index contributed by atoms with van der Waals surface area (Å²) in [4.78, 5) is 22.3. The number of hydrogen-bond acceptors (Lipinski definition) is 8. The number of aromatic hydroxyl groups is 5. The van der Waals surface area contributed by atoms with Crippen molar-refractivity contribution in [1.82, 2.24) is 4.98 Å². The predicted molar refractivity (Wildman–Crippen MR) is 123 cm³/mol. The molecule has 0 aliphatic rings. The van der Waals surface area contributed by atoms with E-state index in [9.17, 15) is 30.1 Å². The number of aromatic nitrogens is 1. The van der Waals surface area contributed by atoms with Crippen LogP contribution >= 0.6 is 39.7 Å². The molecule has 0 atom stereocenters. The SMILES string of the molecule is Cc1ncc(COP(=O)(O)O)c(C(c2cc(Br)c(O)cc2O)c2cc(Br)c(O)cc2O)c1O. The molecule has 2 aromatic carbocycles. The van der Waals surface area contributed by atoms with Crippen molar-refractivity contribution < 1.29 is 44.4 Å². The van der Waals surface area contributed by atoms with Crippen molar-refractivity contribution in [2.45, 2.75) is 19.4 Å². The minimum Gasteiger partial charge on any atom is -0.507 e. The summed E-state index contributed by atoms with van der Waals surface area (Å²) in [5, 5.41) is 52.1. The molecule has 0 spiro atoms. The Morgan fingerprint density at radius 1 is 0.909 bits per heavy atom. The van der Waals surface area contributed by atoms with E-state index in [1.807, 2.05) is 0 Å². The first-order valence-corrected chi connectivity index (χ1v) is 12.2. The molecule has 7 N–H and O–H groups in total. The van der Waals surface area contributed by atoms with Gasteiger partial charge < -0.3 is 35.3 Å². The summed E-state index contributed by atoms with van der Waals surface area (Å²) in [5.41, 5.74) is 0.441. The number of aryl methyl sites for hydroxylation is 1. The van der Waals surface area contributed by atoms with E-state index in [1.54, 1.807) is 0 Å². The number of nitrogens with zero attached hydrogens (tertiary/aromatic N) is 1. The topological polar surface area (TPSA) is 181 Å². The molecule has 1 heterocycles. The Balaban J connectivity index is 2.39. The zero-order valence-corrected chi connectivity index (χ0v) is 20.8. The van der Waals surface area contributed by atoms with E-state index in [2.05, 4.69) is 41.4 Å². The van der Waals surface area contributed by atoms with Gasteiger partial charge in [-0.2, -0.15) is 0 Å². The molecule has 0 aliphatic carbocycles. The third kappa shape index (κ3) is 5.43. The summed E-state index contributed by atoms with van der Waals surface area (Å²) in [6.45, 7) is 0.833. The van der Waals surface area contributed by atoms with E-state index < -0.39 is 31.8 Å². The van der Waals surface area contributed by atoms with E-state index in [0.717, 1.165) is 12.1 Å². The summed E-state index contributed by atoms with van der Waals surface area (Å²) in [6, 6.07) is 4.82. The number of benzene rings is 2. The summed E-state index contributed by atoms with van der Waals surface area (Å²) >= 11 is 6.34. The Bertz CT molecular complexity index is 1220. The first-order valence-electron chi connectivity index (χ1n) is 9.10. The maximum Gasteiger partial charge on any atom is 0.469 e. The lowest BCUT2D eigenvalue weighted by atomic mass is 9.81. The van der Waals surface area contributed by atoms with Crippen LogP contribution in [0.25, 0.3) is 0 Å². The Hall–Kier alpha value is -2.34. The number of phenolic OH excluding ortho intramolecular Hbond substituents is 4. The molecular weight excluding hydrogens is 589 g/mol. The van der Waals surface area contributed by atoms with Crippen molar-refractivity contribution in [3.63, 3.8) is 0 Å². The summed E-state index contributed by atoms with van der Waals surface area (Å²) in [7, 11) is -4.89. The van der Waals surface area contributed by atoms with Crippen molar-refractivity contribution in [3.8, 4) is 28.7 Å². The van der Waals surface area contributed by atoms with Gasteiger partial charge >= 0.3 is 7.82 Å². The van der Waals surface area contributed by atoms with Gasteiger partial charge in [0.05, 0.1) is 21.2 Å². The number of phenols is 4. The quantitative estimate of drug-likeness (QED) is 0.201. The van der Waals surface area contributed by atoms with Crippen LogP contribution in [0.3, 0.4) is 0 Å². The van der Waals surface area contributed by atoms with Crippen molar-refractivity contribution >= 4 is 39.7 Å². The second-order valence-corrected chi connectivity index (χ2v) is 10.0. The van der Waals surface area contributed by atoms with E-state index in [4.69, 9.17) is 9.79 Å². The number of pyridine rings is 1. The Kier molecular flexibility index (Phi) is 7.27. The minimum atomic E-state index is -4.89. The van der Waals surface area contributed by atoms with Crippen molar-refractivity contribution in [1.29, 1.82) is 0 Å². The van der Waals surface area contributed by atoms with Crippen LogP contribution in [0.15, 0.2) is 39.4 Å². The van der Waals surface area contributed by atoms with Gasteiger partial charge in [0.25, 0.3) is 0 Å². The number of phosphoric ester groups is 1. The average molecular weight is 607 g/mol. The monoisotopic (exact) mass is 605 g/mol. The van der Waals surface area contributed by atoms with Gasteiger partial charge in [0.1, 0.15) is 28.7 Å². The lowest BCUT2D eigenvalue weighted by Crippen LogP contribution is -2.10. The maximum atomic E-state index is 11.3. The van der Waals surface area contributed by atoms with Crippen LogP contribution in [-0.2, 0) is 15.7 Å². The molecule has 1 aromatic heterocycles. The molecule has 3 aromatic rings. The largest absolute Gasteiger partial charge is 0.507 e. The zero-order valence-electron chi connectivity index (χ0n) is 16.8. The lowest BCUT2D eigenvalue weighted by Gasteiger charge is -2.25. The standard InChI is InChI=1S/C20H18Br2NO9P/c1-8-20(28)18(9(6-23-8)7-32-33(29,30)31)19(10-2-12(21)16(26)4-14(10)24)11-3-13(22)17(27)5-15(11)25/h2-6,19,24-28H,7H2,1H3,(H2,29,30,31). The van der Waals surface area contributed by atoms with Gasteiger partial charge in [0, 0.05) is 46.5 Å².